The smallest absolute Gasteiger partial charge is 0.321 e. The van der Waals surface area contributed by atoms with Gasteiger partial charge in [-0.05, 0) is 64.0 Å². The van der Waals surface area contributed by atoms with Gasteiger partial charge in [0.1, 0.15) is 22.4 Å². The van der Waals surface area contributed by atoms with Gasteiger partial charge in [0.05, 0.1) is 0 Å². The molecule has 0 bridgehead atoms. The highest BCUT2D eigenvalue weighted by molar-refractivity contribution is 7.89. The summed E-state index contributed by atoms with van der Waals surface area (Å²) in [6.45, 7) is 11.1. The molecular formula is C24H35NO6S. The van der Waals surface area contributed by atoms with E-state index in [0.717, 1.165) is 36.8 Å². The van der Waals surface area contributed by atoms with E-state index in [1.165, 1.54) is 13.0 Å². The number of hydrogen-bond donors (Lipinski definition) is 4. The molecule has 0 aliphatic heterocycles. The third-order valence-corrected chi connectivity index (χ3v) is 7.74. The Labute approximate surface area is 190 Å². The van der Waals surface area contributed by atoms with Crippen molar-refractivity contribution in [2.75, 3.05) is 0 Å². The van der Waals surface area contributed by atoms with Gasteiger partial charge < -0.3 is 15.3 Å². The predicted molar refractivity (Wildman–Crippen MR) is 124 cm³/mol. The van der Waals surface area contributed by atoms with Gasteiger partial charge in [0.25, 0.3) is 0 Å². The molecular weight excluding hydrogens is 430 g/mol. The van der Waals surface area contributed by atoms with Gasteiger partial charge in [0.15, 0.2) is 0 Å². The van der Waals surface area contributed by atoms with Crippen molar-refractivity contribution in [3.8, 4) is 11.5 Å². The summed E-state index contributed by atoms with van der Waals surface area (Å²) >= 11 is 0. The molecule has 0 saturated heterocycles. The zero-order valence-electron chi connectivity index (χ0n) is 19.3. The number of aromatic hydroxyl groups is 2. The van der Waals surface area contributed by atoms with Crippen molar-refractivity contribution >= 4 is 16.0 Å². The van der Waals surface area contributed by atoms with Crippen LogP contribution in [-0.4, -0.2) is 35.7 Å². The fourth-order valence-corrected chi connectivity index (χ4v) is 5.89. The Morgan fingerprint density at radius 3 is 2.53 bits per heavy atom. The molecule has 4 N–H and O–H groups in total. The second kappa shape index (κ2) is 10.5. The Kier molecular flexibility index (Phi) is 8.54. The number of nitrogens with one attached hydrogen (secondary N) is 1. The number of hydrogen-bond acceptors (Lipinski definition) is 5. The van der Waals surface area contributed by atoms with E-state index < -0.39 is 33.7 Å². The highest BCUT2D eigenvalue weighted by atomic mass is 32.2. The molecule has 0 amide bonds. The van der Waals surface area contributed by atoms with E-state index in [2.05, 4.69) is 11.3 Å². The van der Waals surface area contributed by atoms with Gasteiger partial charge in [-0.1, -0.05) is 43.6 Å². The summed E-state index contributed by atoms with van der Waals surface area (Å²) in [6, 6.07) is 0.0259. The van der Waals surface area contributed by atoms with Crippen molar-refractivity contribution in [3.63, 3.8) is 0 Å². The largest absolute Gasteiger partial charge is 0.507 e. The Morgan fingerprint density at radius 2 is 1.97 bits per heavy atom. The van der Waals surface area contributed by atoms with Crippen LogP contribution in [0.25, 0.3) is 0 Å². The van der Waals surface area contributed by atoms with Crippen molar-refractivity contribution in [3.05, 3.63) is 41.0 Å². The fraction of sp³-hybridized carbons (Fsp3) is 0.542. The number of unbranched alkanes of at least 4 members (excludes halogenated alkanes) is 2. The number of sulfonamides is 1. The van der Waals surface area contributed by atoms with Crippen LogP contribution in [0.15, 0.2) is 34.8 Å². The third kappa shape index (κ3) is 5.72. The van der Waals surface area contributed by atoms with Crippen LogP contribution >= 0.6 is 0 Å². The lowest BCUT2D eigenvalue weighted by molar-refractivity contribution is -0.138. The second-order valence-corrected chi connectivity index (χ2v) is 10.5. The van der Waals surface area contributed by atoms with Gasteiger partial charge in [-0.2, -0.15) is 4.72 Å². The van der Waals surface area contributed by atoms with E-state index in [0.29, 0.717) is 12.8 Å². The molecule has 0 saturated carbocycles. The number of carboxylic acid groups (broad SMARTS) is 1. The van der Waals surface area contributed by atoms with Crippen LogP contribution in [0.2, 0.25) is 0 Å². The van der Waals surface area contributed by atoms with Crippen molar-refractivity contribution in [2.45, 2.75) is 83.1 Å². The number of carbonyl (C=O) groups is 1. The zero-order valence-corrected chi connectivity index (χ0v) is 20.1. The summed E-state index contributed by atoms with van der Waals surface area (Å²) in [5.41, 5.74) is 2.37. The highest BCUT2D eigenvalue weighted by Crippen LogP contribution is 2.49. The molecule has 0 radical (unpaired) electrons. The number of phenols is 2. The normalized spacial score (nSPS) is 19.9. The van der Waals surface area contributed by atoms with E-state index >= 15 is 0 Å². The first-order valence-electron chi connectivity index (χ1n) is 11.1. The van der Waals surface area contributed by atoms with E-state index in [9.17, 15) is 28.5 Å². The van der Waals surface area contributed by atoms with Gasteiger partial charge >= 0.3 is 5.97 Å². The second-order valence-electron chi connectivity index (χ2n) is 8.81. The maximum absolute atomic E-state index is 13.2. The Balaban J connectivity index is 2.73. The molecule has 8 heteroatoms. The minimum absolute atomic E-state index is 0.0668. The quantitative estimate of drug-likeness (QED) is 0.296. The molecule has 3 atom stereocenters. The lowest BCUT2D eigenvalue weighted by Crippen LogP contribution is -2.38. The molecule has 178 valence electrons. The monoisotopic (exact) mass is 465 g/mol. The molecule has 1 aliphatic rings. The van der Waals surface area contributed by atoms with Gasteiger partial charge in [0.2, 0.25) is 10.0 Å². The van der Waals surface area contributed by atoms with Crippen LogP contribution < -0.4 is 4.72 Å². The summed E-state index contributed by atoms with van der Waals surface area (Å²) in [5, 5.41) is 31.3. The molecule has 32 heavy (non-hydrogen) atoms. The van der Waals surface area contributed by atoms with Crippen LogP contribution in [0.5, 0.6) is 11.5 Å². The summed E-state index contributed by atoms with van der Waals surface area (Å²) in [6.07, 6.45) is 6.34. The van der Waals surface area contributed by atoms with Gasteiger partial charge in [-0.25, -0.2) is 8.42 Å². The van der Waals surface area contributed by atoms with Gasteiger partial charge in [-0.15, -0.1) is 0 Å². The van der Waals surface area contributed by atoms with Crippen LogP contribution in [0, 0.1) is 5.92 Å². The number of aliphatic carboxylic acids is 1. The molecule has 2 unspecified atom stereocenters. The van der Waals surface area contributed by atoms with E-state index in [4.69, 9.17) is 0 Å². The lowest BCUT2D eigenvalue weighted by atomic mass is 9.73. The summed E-state index contributed by atoms with van der Waals surface area (Å²) < 4.78 is 28.5. The van der Waals surface area contributed by atoms with Crippen molar-refractivity contribution < 1.29 is 28.5 Å². The topological polar surface area (TPSA) is 124 Å². The van der Waals surface area contributed by atoms with E-state index in [-0.39, 0.29) is 27.7 Å². The summed E-state index contributed by atoms with van der Waals surface area (Å²) in [4.78, 5) is 10.9. The third-order valence-electron chi connectivity index (χ3n) is 6.08. The van der Waals surface area contributed by atoms with Crippen LogP contribution in [0.3, 0.4) is 0 Å². The lowest BCUT2D eigenvalue weighted by Gasteiger charge is -2.32. The molecule has 1 aromatic rings. The molecule has 7 nitrogen and oxygen atoms in total. The number of aryl methyl sites for hydroxylation is 1. The Morgan fingerprint density at radius 1 is 1.31 bits per heavy atom. The van der Waals surface area contributed by atoms with Gasteiger partial charge in [-0.3, -0.25) is 4.79 Å². The number of benzene rings is 1. The maximum Gasteiger partial charge on any atom is 0.321 e. The summed E-state index contributed by atoms with van der Waals surface area (Å²) in [7, 11) is -4.37. The van der Waals surface area contributed by atoms with E-state index in [1.54, 1.807) is 0 Å². The Bertz CT molecular complexity index is 1010. The highest BCUT2D eigenvalue weighted by Gasteiger charge is 2.35. The van der Waals surface area contributed by atoms with Crippen LogP contribution in [0.4, 0.5) is 0 Å². The van der Waals surface area contributed by atoms with Gasteiger partial charge in [0, 0.05) is 11.5 Å². The maximum atomic E-state index is 13.2. The molecule has 0 fully saturated rings. The molecule has 1 aliphatic carbocycles. The average molecular weight is 466 g/mol. The number of allylic oxidation sites excluding steroid dienone is 3. The molecule has 0 heterocycles. The Hall–Kier alpha value is -2.32. The standard InChI is InChI=1S/C24H35NO6S/c1-6-7-8-9-17-13-20(26)21(19-12-15(4)10-11-18(19)14(2)3)22(27)23(17)32(30,31)25-16(5)24(28)29/h12-13,16,18-19,25-27H,2,6-11H2,1,3-5H3,(H,28,29)/t16-,18?,19?/m0/s1. The minimum atomic E-state index is -4.37. The first-order chi connectivity index (χ1) is 14.9. The molecule has 0 aromatic heterocycles. The van der Waals surface area contributed by atoms with Crippen molar-refractivity contribution in [2.24, 2.45) is 5.92 Å². The first-order valence-corrected chi connectivity index (χ1v) is 12.5. The average Bonchev–Trinajstić information content (AvgIpc) is 2.67. The first kappa shape index (κ1) is 25.9. The molecule has 0 spiro atoms. The van der Waals surface area contributed by atoms with Crippen LogP contribution in [-0.2, 0) is 21.2 Å². The van der Waals surface area contributed by atoms with Crippen molar-refractivity contribution in [1.29, 1.82) is 0 Å². The molecule has 1 aromatic carbocycles. The van der Waals surface area contributed by atoms with Crippen LogP contribution in [0.1, 0.15) is 76.8 Å². The van der Waals surface area contributed by atoms with Crippen molar-refractivity contribution in [1.82, 2.24) is 4.72 Å². The summed E-state index contributed by atoms with van der Waals surface area (Å²) in [5.74, 6) is -2.52. The number of carboxylic acids is 1. The van der Waals surface area contributed by atoms with E-state index in [1.807, 2.05) is 26.8 Å². The zero-order chi connectivity index (χ0) is 24.2. The molecule has 2 rings (SSSR count). The predicted octanol–water partition coefficient (Wildman–Crippen LogP) is 4.60. The number of phenolic OH excluding ortho intramolecular Hbond substituents is 2. The number of rotatable bonds is 10. The fourth-order valence-electron chi connectivity index (χ4n) is 4.33. The SMILES string of the molecule is C=C(C)C1CCC(C)=CC1c1c(O)cc(CCCCC)c(S(=O)(=O)N[C@@H](C)C(=O)O)c1O. The minimum Gasteiger partial charge on any atom is -0.507 e.